The molecule has 1 amide bonds. The van der Waals surface area contributed by atoms with Crippen molar-refractivity contribution >= 4 is 29.3 Å². The molecule has 2 N–H and O–H groups in total. The molecule has 0 aliphatic carbocycles. The Bertz CT molecular complexity index is 981. The molecule has 2 aromatic heterocycles. The third-order valence-corrected chi connectivity index (χ3v) is 6.02. The molecule has 0 saturated carbocycles. The molecule has 4 rings (SSSR count). The Kier molecular flexibility index (Phi) is 5.47. The van der Waals surface area contributed by atoms with Crippen molar-refractivity contribution in [3.8, 4) is 0 Å². The van der Waals surface area contributed by atoms with Gasteiger partial charge in [0.2, 0.25) is 11.9 Å². The van der Waals surface area contributed by atoms with Crippen molar-refractivity contribution in [2.45, 2.75) is 37.8 Å². The maximum absolute atomic E-state index is 12.5. The van der Waals surface area contributed by atoms with Gasteiger partial charge in [-0.2, -0.15) is 0 Å². The average molecular weight is 397 g/mol. The van der Waals surface area contributed by atoms with Crippen LogP contribution in [0, 0.1) is 6.92 Å². The summed E-state index contributed by atoms with van der Waals surface area (Å²) in [7, 11) is 0. The molecule has 3 aromatic rings. The van der Waals surface area contributed by atoms with E-state index in [0.717, 1.165) is 37.2 Å². The summed E-state index contributed by atoms with van der Waals surface area (Å²) in [4.78, 5) is 18.9. The van der Waals surface area contributed by atoms with E-state index in [2.05, 4.69) is 27.3 Å². The van der Waals surface area contributed by atoms with Crippen molar-refractivity contribution < 1.29 is 4.79 Å². The van der Waals surface area contributed by atoms with Gasteiger partial charge in [-0.15, -0.1) is 10.2 Å². The van der Waals surface area contributed by atoms with Crippen molar-refractivity contribution in [3.63, 3.8) is 0 Å². The molecule has 146 valence electrons. The van der Waals surface area contributed by atoms with E-state index in [4.69, 9.17) is 5.73 Å². The third-order valence-electron chi connectivity index (χ3n) is 5.11. The highest BCUT2D eigenvalue weighted by molar-refractivity contribution is 7.99. The number of amides is 1. The van der Waals surface area contributed by atoms with Crippen molar-refractivity contribution in [2.24, 2.45) is 0 Å². The second kappa shape index (κ2) is 8.18. The van der Waals surface area contributed by atoms with Crippen LogP contribution in [0.1, 0.15) is 36.1 Å². The summed E-state index contributed by atoms with van der Waals surface area (Å²) in [6.07, 6.45) is 4.09. The lowest BCUT2D eigenvalue weighted by atomic mass is 10.0. The molecule has 1 aliphatic heterocycles. The molecule has 3 heterocycles. The average Bonchev–Trinajstić information content (AvgIpc) is 3.15. The van der Waals surface area contributed by atoms with Crippen molar-refractivity contribution in [1.29, 1.82) is 0 Å². The summed E-state index contributed by atoms with van der Waals surface area (Å²) < 4.78 is 1.76. The fourth-order valence-electron chi connectivity index (χ4n) is 3.58. The number of nitrogens with two attached hydrogens (primary N) is 1. The zero-order valence-electron chi connectivity index (χ0n) is 16.0. The largest absolute Gasteiger partial charge is 0.369 e. The first-order valence-corrected chi connectivity index (χ1v) is 10.6. The van der Waals surface area contributed by atoms with Gasteiger partial charge in [0, 0.05) is 30.8 Å². The summed E-state index contributed by atoms with van der Waals surface area (Å²) in [5.74, 6) is 0.828. The molecular weight excluding hydrogens is 372 g/mol. The van der Waals surface area contributed by atoms with Crippen molar-refractivity contribution in [2.75, 3.05) is 24.6 Å². The summed E-state index contributed by atoms with van der Waals surface area (Å²) in [5, 5.41) is 9.29. The van der Waals surface area contributed by atoms with Crippen LogP contribution in [0.4, 0.5) is 5.95 Å². The molecule has 1 aliphatic rings. The molecule has 0 atom stereocenters. The number of hydrogen-bond acceptors (Lipinski definition) is 6. The number of carbonyl (C=O) groups is 1. The Morgan fingerprint density at radius 1 is 1.14 bits per heavy atom. The normalized spacial score (nSPS) is 14.5. The van der Waals surface area contributed by atoms with Gasteiger partial charge < -0.3 is 10.6 Å². The van der Waals surface area contributed by atoms with Crippen molar-refractivity contribution in [1.82, 2.24) is 24.5 Å². The topological polar surface area (TPSA) is 89.4 Å². The number of aromatic nitrogens is 4. The Balaban J connectivity index is 1.58. The molecule has 1 fully saturated rings. The van der Waals surface area contributed by atoms with E-state index in [1.807, 2.05) is 30.0 Å². The number of benzene rings is 1. The van der Waals surface area contributed by atoms with Crippen LogP contribution in [-0.4, -0.2) is 49.2 Å². The monoisotopic (exact) mass is 396 g/mol. The van der Waals surface area contributed by atoms with Crippen LogP contribution in [0.15, 0.2) is 35.5 Å². The van der Waals surface area contributed by atoms with Crippen LogP contribution in [0.2, 0.25) is 0 Å². The molecule has 28 heavy (non-hydrogen) atoms. The number of rotatable bonds is 5. The molecule has 7 nitrogen and oxygen atoms in total. The van der Waals surface area contributed by atoms with Gasteiger partial charge in [0.05, 0.1) is 5.75 Å². The first kappa shape index (κ1) is 18.7. The fourth-order valence-corrected chi connectivity index (χ4v) is 4.43. The van der Waals surface area contributed by atoms with Crippen LogP contribution in [0.25, 0.3) is 5.65 Å². The highest BCUT2D eigenvalue weighted by atomic mass is 32.2. The zero-order chi connectivity index (χ0) is 19.5. The number of carbonyl (C=O) groups excluding carboxylic acids is 1. The molecule has 8 heteroatoms. The van der Waals surface area contributed by atoms with Gasteiger partial charge in [0.25, 0.3) is 0 Å². The highest BCUT2D eigenvalue weighted by Gasteiger charge is 2.20. The quantitative estimate of drug-likeness (QED) is 0.667. The number of nitrogen functional groups attached to an aromatic ring is 1. The summed E-state index contributed by atoms with van der Waals surface area (Å²) in [5.41, 5.74) is 9.92. The molecule has 0 radical (unpaired) electrons. The van der Waals surface area contributed by atoms with Gasteiger partial charge >= 0.3 is 0 Å². The van der Waals surface area contributed by atoms with Crippen LogP contribution < -0.4 is 5.73 Å². The lowest BCUT2D eigenvalue weighted by Crippen LogP contribution is -2.36. The van der Waals surface area contributed by atoms with Gasteiger partial charge in [0.15, 0.2) is 10.8 Å². The molecule has 1 aromatic carbocycles. The van der Waals surface area contributed by atoms with Gasteiger partial charge in [-0.1, -0.05) is 42.1 Å². The first-order chi connectivity index (χ1) is 13.6. The first-order valence-electron chi connectivity index (χ1n) is 9.58. The van der Waals surface area contributed by atoms with Crippen LogP contribution in [0.3, 0.4) is 0 Å². The lowest BCUT2D eigenvalue weighted by molar-refractivity contribution is -0.129. The number of likely N-dealkylation sites (tertiary alicyclic amines) is 1. The Hall–Kier alpha value is -2.61. The lowest BCUT2D eigenvalue weighted by Gasteiger charge is -2.26. The van der Waals surface area contributed by atoms with E-state index in [1.165, 1.54) is 23.7 Å². The van der Waals surface area contributed by atoms with E-state index in [1.54, 1.807) is 4.40 Å². The number of aryl methyl sites for hydroxylation is 1. The SMILES string of the molecule is Cc1nc(N)n2c(SCC(=O)N3CCCCC3)nnc2c1Cc1ccccc1. The van der Waals surface area contributed by atoms with Gasteiger partial charge in [0.1, 0.15) is 0 Å². The molecular formula is C20H24N6OS. The number of fused-ring (bicyclic) bond motifs is 1. The van der Waals surface area contributed by atoms with Gasteiger partial charge in [-0.25, -0.2) is 9.38 Å². The maximum atomic E-state index is 12.5. The summed E-state index contributed by atoms with van der Waals surface area (Å²) in [6, 6.07) is 10.2. The minimum atomic E-state index is 0.143. The van der Waals surface area contributed by atoms with E-state index in [0.29, 0.717) is 28.9 Å². The molecule has 0 spiro atoms. The maximum Gasteiger partial charge on any atom is 0.233 e. The molecule has 0 bridgehead atoms. The van der Waals surface area contributed by atoms with E-state index >= 15 is 0 Å². The minimum Gasteiger partial charge on any atom is -0.369 e. The Morgan fingerprint density at radius 2 is 1.89 bits per heavy atom. The van der Waals surface area contributed by atoms with E-state index in [9.17, 15) is 4.79 Å². The zero-order valence-corrected chi connectivity index (χ0v) is 16.8. The van der Waals surface area contributed by atoms with E-state index < -0.39 is 0 Å². The Labute approximate surface area is 168 Å². The minimum absolute atomic E-state index is 0.143. The predicted molar refractivity (Wildman–Crippen MR) is 110 cm³/mol. The Morgan fingerprint density at radius 3 is 2.64 bits per heavy atom. The van der Waals surface area contributed by atoms with Gasteiger partial charge in [-0.3, -0.25) is 4.79 Å². The summed E-state index contributed by atoms with van der Waals surface area (Å²) >= 11 is 1.37. The number of hydrogen-bond donors (Lipinski definition) is 1. The smallest absolute Gasteiger partial charge is 0.233 e. The predicted octanol–water partition coefficient (Wildman–Crippen LogP) is 2.71. The summed E-state index contributed by atoms with van der Waals surface area (Å²) in [6.45, 7) is 3.64. The number of nitrogens with zero attached hydrogens (tertiary/aromatic N) is 5. The second-order valence-corrected chi connectivity index (χ2v) is 8.01. The fraction of sp³-hybridized carbons (Fsp3) is 0.400. The third kappa shape index (κ3) is 3.82. The van der Waals surface area contributed by atoms with Crippen LogP contribution >= 0.6 is 11.8 Å². The molecule has 1 saturated heterocycles. The van der Waals surface area contributed by atoms with Gasteiger partial charge in [-0.05, 0) is 31.7 Å². The second-order valence-electron chi connectivity index (χ2n) is 7.07. The van der Waals surface area contributed by atoms with E-state index in [-0.39, 0.29) is 5.91 Å². The van der Waals surface area contributed by atoms with Crippen molar-refractivity contribution in [3.05, 3.63) is 47.2 Å². The highest BCUT2D eigenvalue weighted by Crippen LogP contribution is 2.25. The number of thioether (sulfide) groups is 1. The standard InChI is InChI=1S/C20H24N6OS/c1-14-16(12-15-8-4-2-5-9-15)18-23-24-20(26(18)19(21)22-14)28-13-17(27)25-10-6-3-7-11-25/h2,4-5,8-9H,3,6-7,10-13H2,1H3,(H2,21,22). The number of piperidine rings is 1. The van der Waals surface area contributed by atoms with Crippen LogP contribution in [-0.2, 0) is 11.2 Å². The number of anilines is 1. The molecule has 0 unspecified atom stereocenters. The van der Waals surface area contributed by atoms with Crippen LogP contribution in [0.5, 0.6) is 0 Å².